The lowest BCUT2D eigenvalue weighted by Gasteiger charge is -2.17. The fraction of sp³-hybridized carbons (Fsp3) is 0.750. The van der Waals surface area contributed by atoms with E-state index in [-0.39, 0.29) is 0 Å². The first-order valence-corrected chi connectivity index (χ1v) is 6.11. The minimum absolute atomic E-state index is 1.07. The summed E-state index contributed by atoms with van der Waals surface area (Å²) in [4.78, 5) is 11.3. The zero-order chi connectivity index (χ0) is 11.9. The van der Waals surface area contributed by atoms with Crippen LogP contribution in [0.15, 0.2) is 12.4 Å². The molecule has 0 aromatic rings. The van der Waals surface area contributed by atoms with Crippen molar-refractivity contribution in [2.75, 3.05) is 20.3 Å². The van der Waals surface area contributed by atoms with Crippen LogP contribution in [-0.4, -0.2) is 35.0 Å². The number of rotatable bonds is 3. The second kappa shape index (κ2) is 6.80. The van der Waals surface area contributed by atoms with Crippen LogP contribution in [0.25, 0.3) is 0 Å². The van der Waals surface area contributed by atoms with Gasteiger partial charge in [-0.3, -0.25) is 4.89 Å². The van der Waals surface area contributed by atoms with E-state index < -0.39 is 7.99 Å². The highest BCUT2D eigenvalue weighted by Gasteiger charge is 2.09. The highest BCUT2D eigenvalue weighted by Crippen LogP contribution is 2.43. The molecule has 1 heterocycles. The Bertz CT molecular complexity index is 237. The molecule has 0 saturated heterocycles. The maximum Gasteiger partial charge on any atom is 0.549 e. The minimum Gasteiger partial charge on any atom is -0.362 e. The standard InChI is InChI=1S/C8H16N2.F2HO2P/c1-3-4-5-10-7-6-9(2)8-10;1-5(2,3)4/h6-7H,3-5,8H2,1-2H3;(H,3,4). The second-order valence-electron chi connectivity index (χ2n) is 3.30. The van der Waals surface area contributed by atoms with Gasteiger partial charge in [0.25, 0.3) is 0 Å². The van der Waals surface area contributed by atoms with Crippen LogP contribution in [0.2, 0.25) is 0 Å². The molecule has 4 nitrogen and oxygen atoms in total. The van der Waals surface area contributed by atoms with E-state index in [0.29, 0.717) is 0 Å². The van der Waals surface area contributed by atoms with E-state index in [4.69, 9.17) is 9.46 Å². The Labute approximate surface area is 88.9 Å². The van der Waals surface area contributed by atoms with Crippen molar-refractivity contribution in [3.8, 4) is 0 Å². The van der Waals surface area contributed by atoms with E-state index in [1.54, 1.807) is 0 Å². The SMILES string of the molecule is CCCCN1C=CN(C)C1.O=P(O)(F)F. The van der Waals surface area contributed by atoms with Crippen molar-refractivity contribution >= 4 is 7.99 Å². The predicted molar refractivity (Wildman–Crippen MR) is 55.4 cm³/mol. The summed E-state index contributed by atoms with van der Waals surface area (Å²) in [6.45, 7) is 4.50. The van der Waals surface area contributed by atoms with Crippen molar-refractivity contribution < 1.29 is 17.9 Å². The first-order valence-electron chi connectivity index (χ1n) is 4.67. The summed E-state index contributed by atoms with van der Waals surface area (Å²) < 4.78 is 28.7. The van der Waals surface area contributed by atoms with Crippen LogP contribution in [0.4, 0.5) is 8.39 Å². The maximum absolute atomic E-state index is 10.1. The molecule has 0 aromatic carbocycles. The monoisotopic (exact) mass is 242 g/mol. The smallest absolute Gasteiger partial charge is 0.362 e. The first-order chi connectivity index (χ1) is 6.83. The molecular formula is C8H17F2N2O2P. The molecule has 0 aromatic heterocycles. The topological polar surface area (TPSA) is 43.8 Å². The first kappa shape index (κ1) is 14.4. The van der Waals surface area contributed by atoms with Gasteiger partial charge in [0.15, 0.2) is 0 Å². The molecule has 0 radical (unpaired) electrons. The molecule has 0 amide bonds. The van der Waals surface area contributed by atoms with Gasteiger partial charge in [-0.25, -0.2) is 4.57 Å². The maximum atomic E-state index is 10.1. The van der Waals surface area contributed by atoms with E-state index in [0.717, 1.165) is 6.67 Å². The molecular weight excluding hydrogens is 225 g/mol. The predicted octanol–water partition coefficient (Wildman–Crippen LogP) is 2.49. The molecule has 0 unspecified atom stereocenters. The summed E-state index contributed by atoms with van der Waals surface area (Å²) in [6, 6.07) is 0. The number of halogens is 2. The molecule has 15 heavy (non-hydrogen) atoms. The van der Waals surface area contributed by atoms with Crippen molar-refractivity contribution in [1.82, 2.24) is 9.80 Å². The summed E-state index contributed by atoms with van der Waals surface area (Å²) >= 11 is 0. The van der Waals surface area contributed by atoms with Crippen LogP contribution < -0.4 is 0 Å². The minimum atomic E-state index is -5.64. The highest BCUT2D eigenvalue weighted by molar-refractivity contribution is 7.46. The van der Waals surface area contributed by atoms with Gasteiger partial charge in [-0.05, 0) is 6.42 Å². The quantitative estimate of drug-likeness (QED) is 0.772. The molecule has 0 atom stereocenters. The van der Waals surface area contributed by atoms with Gasteiger partial charge in [-0.15, -0.1) is 8.39 Å². The number of nitrogens with zero attached hydrogens (tertiary/aromatic N) is 2. The van der Waals surface area contributed by atoms with Crippen molar-refractivity contribution in [2.24, 2.45) is 0 Å². The van der Waals surface area contributed by atoms with Crippen LogP contribution in [0.1, 0.15) is 19.8 Å². The molecule has 1 rings (SSSR count). The molecule has 90 valence electrons. The Morgan fingerprint density at radius 3 is 2.33 bits per heavy atom. The second-order valence-corrected chi connectivity index (χ2v) is 4.17. The van der Waals surface area contributed by atoms with Gasteiger partial charge >= 0.3 is 7.99 Å². The van der Waals surface area contributed by atoms with Gasteiger partial charge in [0.2, 0.25) is 0 Å². The molecule has 1 N–H and O–H groups in total. The summed E-state index contributed by atoms with van der Waals surface area (Å²) in [5.74, 6) is 0. The van der Waals surface area contributed by atoms with Gasteiger partial charge in [0.1, 0.15) is 0 Å². The van der Waals surface area contributed by atoms with Crippen molar-refractivity contribution in [2.45, 2.75) is 19.8 Å². The molecule has 0 spiro atoms. The van der Waals surface area contributed by atoms with E-state index in [9.17, 15) is 8.39 Å². The Morgan fingerprint density at radius 2 is 2.00 bits per heavy atom. The molecule has 0 saturated carbocycles. The summed E-state index contributed by atoms with van der Waals surface area (Å²) in [6.07, 6.45) is 6.87. The van der Waals surface area contributed by atoms with E-state index >= 15 is 0 Å². The van der Waals surface area contributed by atoms with Crippen LogP contribution in [0.3, 0.4) is 0 Å². The van der Waals surface area contributed by atoms with Gasteiger partial charge in [0, 0.05) is 26.0 Å². The van der Waals surface area contributed by atoms with Gasteiger partial charge in [0.05, 0.1) is 6.67 Å². The Kier molecular flexibility index (Phi) is 6.52. The average Bonchev–Trinajstić information content (AvgIpc) is 2.45. The molecule has 0 fully saturated rings. The van der Waals surface area contributed by atoms with Crippen molar-refractivity contribution in [1.29, 1.82) is 0 Å². The van der Waals surface area contributed by atoms with E-state index in [1.807, 2.05) is 0 Å². The van der Waals surface area contributed by atoms with Gasteiger partial charge < -0.3 is 9.80 Å². The van der Waals surface area contributed by atoms with Crippen LogP contribution in [0, 0.1) is 0 Å². The number of unbranched alkanes of at least 4 members (excludes halogenated alkanes) is 1. The largest absolute Gasteiger partial charge is 0.549 e. The zero-order valence-corrected chi connectivity index (χ0v) is 9.83. The third-order valence-corrected chi connectivity index (χ3v) is 1.74. The summed E-state index contributed by atoms with van der Waals surface area (Å²) in [5.41, 5.74) is 0. The van der Waals surface area contributed by atoms with E-state index in [2.05, 4.69) is 36.2 Å². The molecule has 1 aliphatic rings. The molecule has 0 bridgehead atoms. The summed E-state index contributed by atoms with van der Waals surface area (Å²) in [7, 11) is -3.54. The Balaban J connectivity index is 0.000000336. The van der Waals surface area contributed by atoms with E-state index in [1.165, 1.54) is 19.4 Å². The average molecular weight is 242 g/mol. The molecule has 7 heteroatoms. The van der Waals surface area contributed by atoms with Crippen LogP contribution >= 0.6 is 7.99 Å². The number of hydrogen-bond donors (Lipinski definition) is 1. The Hall–Kier alpha value is -0.610. The highest BCUT2D eigenvalue weighted by atomic mass is 31.2. The molecule has 1 aliphatic heterocycles. The fourth-order valence-corrected chi connectivity index (χ4v) is 1.10. The van der Waals surface area contributed by atoms with Crippen LogP contribution in [-0.2, 0) is 4.57 Å². The molecule has 0 aliphatic carbocycles. The van der Waals surface area contributed by atoms with Crippen molar-refractivity contribution in [3.05, 3.63) is 12.4 Å². The van der Waals surface area contributed by atoms with Crippen LogP contribution in [0.5, 0.6) is 0 Å². The third kappa shape index (κ3) is 11.3. The van der Waals surface area contributed by atoms with Gasteiger partial charge in [-0.2, -0.15) is 0 Å². The van der Waals surface area contributed by atoms with Crippen molar-refractivity contribution in [3.63, 3.8) is 0 Å². The normalized spacial score (nSPS) is 15.3. The Morgan fingerprint density at radius 1 is 1.47 bits per heavy atom. The zero-order valence-electron chi connectivity index (χ0n) is 8.94. The number of hydrogen-bond acceptors (Lipinski definition) is 3. The lowest BCUT2D eigenvalue weighted by Crippen LogP contribution is -2.23. The lowest BCUT2D eigenvalue weighted by atomic mass is 10.3. The fourth-order valence-electron chi connectivity index (χ4n) is 1.10. The summed E-state index contributed by atoms with van der Waals surface area (Å²) in [5, 5.41) is 0. The lowest BCUT2D eigenvalue weighted by molar-refractivity contribution is 0.293. The third-order valence-electron chi connectivity index (χ3n) is 1.74. The van der Waals surface area contributed by atoms with Gasteiger partial charge in [-0.1, -0.05) is 13.3 Å².